The lowest BCUT2D eigenvalue weighted by Crippen LogP contribution is -1.93. The summed E-state index contributed by atoms with van der Waals surface area (Å²) in [6.45, 7) is 2.25. The molecule has 0 amide bonds. The third-order valence-corrected chi connectivity index (χ3v) is 4.79. The SMILES string of the molecule is CCCCCCCC(Cl)C=CCCCCCCCCCC=CC(=O)O. The fourth-order valence-corrected chi connectivity index (χ4v) is 3.13. The van der Waals surface area contributed by atoms with E-state index in [1.807, 2.05) is 0 Å². The summed E-state index contributed by atoms with van der Waals surface area (Å²) in [6.07, 6.45) is 25.9. The van der Waals surface area contributed by atoms with Gasteiger partial charge in [-0.05, 0) is 32.1 Å². The summed E-state index contributed by atoms with van der Waals surface area (Å²) in [5.41, 5.74) is 0. The number of rotatable bonds is 18. The molecule has 2 nitrogen and oxygen atoms in total. The van der Waals surface area contributed by atoms with E-state index in [-0.39, 0.29) is 5.38 Å². The number of carbonyl (C=O) groups is 1. The van der Waals surface area contributed by atoms with E-state index in [9.17, 15) is 4.79 Å². The number of unbranched alkanes of at least 4 members (excludes halogenated alkanes) is 12. The van der Waals surface area contributed by atoms with Crippen LogP contribution in [-0.2, 0) is 4.79 Å². The van der Waals surface area contributed by atoms with Crippen molar-refractivity contribution >= 4 is 17.6 Å². The standard InChI is InChI=1S/C22H39ClO2/c1-2-3-4-12-15-18-21(23)19-16-13-10-8-6-5-7-9-11-14-17-20-22(24)25/h16-17,19-21H,2-15,18H2,1H3,(H,24,25). The first kappa shape index (κ1) is 24.2. The Bertz CT molecular complexity index is 350. The van der Waals surface area contributed by atoms with E-state index < -0.39 is 5.97 Å². The van der Waals surface area contributed by atoms with Gasteiger partial charge in [-0.1, -0.05) is 89.4 Å². The van der Waals surface area contributed by atoms with E-state index in [2.05, 4.69) is 19.1 Å². The fourth-order valence-electron chi connectivity index (χ4n) is 2.88. The number of carboxylic acid groups (broad SMARTS) is 1. The minimum absolute atomic E-state index is 0.219. The molecule has 0 heterocycles. The quantitative estimate of drug-likeness (QED) is 0.116. The second-order valence-corrected chi connectivity index (χ2v) is 7.50. The number of aliphatic carboxylic acids is 1. The summed E-state index contributed by atoms with van der Waals surface area (Å²) in [5.74, 6) is -0.846. The minimum Gasteiger partial charge on any atom is -0.478 e. The molecule has 0 aromatic heterocycles. The average molecular weight is 371 g/mol. The Morgan fingerprint density at radius 1 is 0.840 bits per heavy atom. The molecule has 0 spiro atoms. The van der Waals surface area contributed by atoms with Crippen LogP contribution in [0.25, 0.3) is 0 Å². The molecule has 0 aromatic carbocycles. The zero-order valence-corrected chi connectivity index (χ0v) is 17.0. The van der Waals surface area contributed by atoms with Crippen molar-refractivity contribution in [1.82, 2.24) is 0 Å². The normalized spacial score (nSPS) is 13.0. The lowest BCUT2D eigenvalue weighted by molar-refractivity contribution is -0.131. The fraction of sp³-hybridized carbons (Fsp3) is 0.773. The number of halogens is 1. The van der Waals surface area contributed by atoms with E-state index in [1.54, 1.807) is 6.08 Å². The highest BCUT2D eigenvalue weighted by molar-refractivity contribution is 6.21. The van der Waals surface area contributed by atoms with Gasteiger partial charge in [0.15, 0.2) is 0 Å². The third-order valence-electron chi connectivity index (χ3n) is 4.43. The summed E-state index contributed by atoms with van der Waals surface area (Å²) in [6, 6.07) is 0. The smallest absolute Gasteiger partial charge is 0.327 e. The Kier molecular flexibility index (Phi) is 19.0. The molecule has 3 heteroatoms. The monoisotopic (exact) mass is 370 g/mol. The van der Waals surface area contributed by atoms with Crippen LogP contribution >= 0.6 is 11.6 Å². The molecule has 1 atom stereocenters. The average Bonchev–Trinajstić information content (AvgIpc) is 2.58. The molecular formula is C22H39ClO2. The Balaban J connectivity index is 3.27. The van der Waals surface area contributed by atoms with Gasteiger partial charge in [-0.2, -0.15) is 0 Å². The van der Waals surface area contributed by atoms with Gasteiger partial charge in [0.05, 0.1) is 5.38 Å². The van der Waals surface area contributed by atoms with Gasteiger partial charge >= 0.3 is 5.97 Å². The van der Waals surface area contributed by atoms with Crippen LogP contribution in [0.1, 0.15) is 103 Å². The van der Waals surface area contributed by atoms with E-state index >= 15 is 0 Å². The lowest BCUT2D eigenvalue weighted by Gasteiger charge is -2.04. The molecule has 0 aliphatic rings. The van der Waals surface area contributed by atoms with Crippen LogP contribution in [0.15, 0.2) is 24.3 Å². The molecular weight excluding hydrogens is 332 g/mol. The van der Waals surface area contributed by atoms with Crippen molar-refractivity contribution in [3.05, 3.63) is 24.3 Å². The lowest BCUT2D eigenvalue weighted by atomic mass is 10.1. The van der Waals surface area contributed by atoms with Gasteiger partial charge in [-0.3, -0.25) is 0 Å². The predicted octanol–water partition coefficient (Wildman–Crippen LogP) is 7.66. The van der Waals surface area contributed by atoms with Gasteiger partial charge in [0, 0.05) is 6.08 Å². The van der Waals surface area contributed by atoms with Crippen molar-refractivity contribution < 1.29 is 9.90 Å². The molecule has 0 aromatic rings. The number of carboxylic acids is 1. The summed E-state index contributed by atoms with van der Waals surface area (Å²) in [7, 11) is 0. The van der Waals surface area contributed by atoms with E-state index in [0.29, 0.717) is 0 Å². The third kappa shape index (κ3) is 21.2. The molecule has 1 unspecified atom stereocenters. The maximum atomic E-state index is 10.3. The van der Waals surface area contributed by atoms with Crippen molar-refractivity contribution in [3.63, 3.8) is 0 Å². The summed E-state index contributed by atoms with van der Waals surface area (Å²) >= 11 is 6.32. The molecule has 0 aliphatic heterocycles. The number of allylic oxidation sites excluding steroid dienone is 3. The molecule has 0 bridgehead atoms. The van der Waals surface area contributed by atoms with Crippen molar-refractivity contribution in [2.45, 2.75) is 109 Å². The summed E-state index contributed by atoms with van der Waals surface area (Å²) in [5, 5.41) is 8.69. The van der Waals surface area contributed by atoms with Crippen molar-refractivity contribution in [1.29, 1.82) is 0 Å². The van der Waals surface area contributed by atoms with Crippen LogP contribution < -0.4 is 0 Å². The van der Waals surface area contributed by atoms with Gasteiger partial charge in [-0.15, -0.1) is 11.6 Å². The summed E-state index contributed by atoms with van der Waals surface area (Å²) < 4.78 is 0. The van der Waals surface area contributed by atoms with Crippen LogP contribution in [0.5, 0.6) is 0 Å². The second kappa shape index (κ2) is 19.6. The van der Waals surface area contributed by atoms with E-state index in [1.165, 1.54) is 76.7 Å². The second-order valence-electron chi connectivity index (χ2n) is 6.94. The molecule has 0 saturated heterocycles. The van der Waals surface area contributed by atoms with Gasteiger partial charge in [0.1, 0.15) is 0 Å². The van der Waals surface area contributed by atoms with Gasteiger partial charge in [0.25, 0.3) is 0 Å². The van der Waals surface area contributed by atoms with Crippen molar-refractivity contribution in [2.75, 3.05) is 0 Å². The molecule has 1 N–H and O–H groups in total. The van der Waals surface area contributed by atoms with Crippen molar-refractivity contribution in [3.8, 4) is 0 Å². The molecule has 0 rings (SSSR count). The molecule has 0 aliphatic carbocycles. The first-order chi connectivity index (χ1) is 12.2. The Hall–Kier alpha value is -0.760. The van der Waals surface area contributed by atoms with Gasteiger partial charge < -0.3 is 5.11 Å². The van der Waals surface area contributed by atoms with Crippen LogP contribution in [0.4, 0.5) is 0 Å². The Labute approximate surface area is 160 Å². The van der Waals surface area contributed by atoms with Crippen LogP contribution in [-0.4, -0.2) is 16.5 Å². The van der Waals surface area contributed by atoms with Gasteiger partial charge in [-0.25, -0.2) is 4.79 Å². The molecule has 0 radical (unpaired) electrons. The molecule has 25 heavy (non-hydrogen) atoms. The van der Waals surface area contributed by atoms with Gasteiger partial charge in [0.2, 0.25) is 0 Å². The highest BCUT2D eigenvalue weighted by atomic mass is 35.5. The first-order valence-corrected chi connectivity index (χ1v) is 10.8. The summed E-state index contributed by atoms with van der Waals surface area (Å²) in [4.78, 5) is 10.3. The van der Waals surface area contributed by atoms with Crippen molar-refractivity contribution in [2.24, 2.45) is 0 Å². The highest BCUT2D eigenvalue weighted by Crippen LogP contribution is 2.14. The minimum atomic E-state index is -0.846. The number of hydrogen-bond donors (Lipinski definition) is 1. The maximum Gasteiger partial charge on any atom is 0.327 e. The van der Waals surface area contributed by atoms with Crippen LogP contribution in [0.2, 0.25) is 0 Å². The Morgan fingerprint density at radius 3 is 1.96 bits per heavy atom. The zero-order chi connectivity index (χ0) is 18.6. The molecule has 0 saturated carbocycles. The van der Waals surface area contributed by atoms with Crippen LogP contribution in [0.3, 0.4) is 0 Å². The topological polar surface area (TPSA) is 37.3 Å². The highest BCUT2D eigenvalue weighted by Gasteiger charge is 1.99. The zero-order valence-electron chi connectivity index (χ0n) is 16.2. The number of hydrogen-bond acceptors (Lipinski definition) is 1. The largest absolute Gasteiger partial charge is 0.478 e. The predicted molar refractivity (Wildman–Crippen MR) is 110 cm³/mol. The van der Waals surface area contributed by atoms with E-state index in [0.717, 1.165) is 25.7 Å². The molecule has 146 valence electrons. The first-order valence-electron chi connectivity index (χ1n) is 10.4. The van der Waals surface area contributed by atoms with E-state index in [4.69, 9.17) is 16.7 Å². The Morgan fingerprint density at radius 2 is 1.36 bits per heavy atom. The maximum absolute atomic E-state index is 10.3. The number of alkyl halides is 1. The molecule has 0 fully saturated rings. The van der Waals surface area contributed by atoms with Crippen LogP contribution in [0, 0.1) is 0 Å².